The molecule has 1 rings (SSSR count). The van der Waals surface area contributed by atoms with Crippen molar-refractivity contribution in [2.75, 3.05) is 6.54 Å². The van der Waals surface area contributed by atoms with E-state index in [9.17, 15) is 4.79 Å². The first-order valence-electron chi connectivity index (χ1n) is 7.88. The SMILES string of the molecule is CCC1(C)CCC(C)(CCC=O)N1CCC(C)(C)C. The number of aldehydes is 1. The number of carbonyl (C=O) groups is 1. The van der Waals surface area contributed by atoms with Crippen LogP contribution in [0.1, 0.15) is 80.1 Å². The lowest BCUT2D eigenvalue weighted by Gasteiger charge is -2.45. The molecule has 0 aliphatic carbocycles. The van der Waals surface area contributed by atoms with Gasteiger partial charge in [-0.1, -0.05) is 27.7 Å². The number of carbonyl (C=O) groups excluding carboxylic acids is 1. The van der Waals surface area contributed by atoms with E-state index in [1.807, 2.05) is 0 Å². The molecule has 2 heteroatoms. The Kier molecular flexibility index (Phi) is 5.22. The van der Waals surface area contributed by atoms with E-state index in [4.69, 9.17) is 0 Å². The van der Waals surface area contributed by atoms with E-state index in [-0.39, 0.29) is 5.54 Å². The van der Waals surface area contributed by atoms with E-state index < -0.39 is 0 Å². The molecular weight excluding hydrogens is 234 g/mol. The topological polar surface area (TPSA) is 20.3 Å². The van der Waals surface area contributed by atoms with Crippen LogP contribution in [0.25, 0.3) is 0 Å². The molecule has 0 aromatic rings. The second-order valence-electron chi connectivity index (χ2n) is 8.02. The average molecular weight is 267 g/mol. The smallest absolute Gasteiger partial charge is 0.120 e. The van der Waals surface area contributed by atoms with E-state index in [1.165, 1.54) is 25.7 Å². The predicted octanol–water partition coefficient (Wildman–Crippen LogP) is 4.42. The van der Waals surface area contributed by atoms with Crippen LogP contribution in [0.2, 0.25) is 0 Å². The summed E-state index contributed by atoms with van der Waals surface area (Å²) in [5, 5.41) is 0. The van der Waals surface area contributed by atoms with Gasteiger partial charge in [0.15, 0.2) is 0 Å². The molecule has 0 radical (unpaired) electrons. The minimum Gasteiger partial charge on any atom is -0.303 e. The number of hydrogen-bond acceptors (Lipinski definition) is 2. The Morgan fingerprint density at radius 1 is 1.16 bits per heavy atom. The second kappa shape index (κ2) is 5.95. The summed E-state index contributed by atoms with van der Waals surface area (Å²) in [6.07, 6.45) is 7.71. The maximum absolute atomic E-state index is 10.7. The minimum atomic E-state index is 0.219. The standard InChI is InChI=1S/C17H33NO/c1-7-16(5)10-11-17(6,9-8-14-19)18(16)13-12-15(2,3)4/h14H,7-13H2,1-6H3. The minimum absolute atomic E-state index is 0.219. The van der Waals surface area contributed by atoms with Crippen LogP contribution in [-0.2, 0) is 4.79 Å². The molecule has 2 unspecified atom stereocenters. The largest absolute Gasteiger partial charge is 0.303 e. The van der Waals surface area contributed by atoms with Gasteiger partial charge in [-0.05, 0) is 57.9 Å². The number of hydrogen-bond donors (Lipinski definition) is 0. The molecule has 0 spiro atoms. The summed E-state index contributed by atoms with van der Waals surface area (Å²) < 4.78 is 0. The summed E-state index contributed by atoms with van der Waals surface area (Å²) in [5.41, 5.74) is 0.919. The zero-order valence-electron chi connectivity index (χ0n) is 13.9. The van der Waals surface area contributed by atoms with Gasteiger partial charge in [0, 0.05) is 17.5 Å². The number of rotatable bonds is 6. The van der Waals surface area contributed by atoms with Gasteiger partial charge in [-0.15, -0.1) is 0 Å². The highest BCUT2D eigenvalue weighted by atomic mass is 16.1. The number of likely N-dealkylation sites (tertiary alicyclic amines) is 1. The molecule has 0 bridgehead atoms. The third-order valence-electron chi connectivity index (χ3n) is 5.15. The molecule has 0 amide bonds. The van der Waals surface area contributed by atoms with Crippen molar-refractivity contribution in [2.24, 2.45) is 5.41 Å². The Hall–Kier alpha value is -0.370. The summed E-state index contributed by atoms with van der Waals surface area (Å²) in [5.74, 6) is 0. The van der Waals surface area contributed by atoms with Crippen molar-refractivity contribution in [2.45, 2.75) is 91.1 Å². The van der Waals surface area contributed by atoms with Crippen LogP contribution in [0.5, 0.6) is 0 Å². The summed E-state index contributed by atoms with van der Waals surface area (Å²) in [4.78, 5) is 13.5. The van der Waals surface area contributed by atoms with E-state index >= 15 is 0 Å². The lowest BCUT2D eigenvalue weighted by molar-refractivity contribution is -0.108. The third kappa shape index (κ3) is 4.05. The fraction of sp³-hybridized carbons (Fsp3) is 0.941. The fourth-order valence-corrected chi connectivity index (χ4v) is 3.44. The van der Waals surface area contributed by atoms with Crippen LogP contribution < -0.4 is 0 Å². The highest BCUT2D eigenvalue weighted by Crippen LogP contribution is 2.45. The molecule has 2 atom stereocenters. The zero-order chi connectivity index (χ0) is 14.7. The highest BCUT2D eigenvalue weighted by molar-refractivity contribution is 5.49. The maximum Gasteiger partial charge on any atom is 0.120 e. The van der Waals surface area contributed by atoms with Crippen molar-refractivity contribution in [3.05, 3.63) is 0 Å². The fourth-order valence-electron chi connectivity index (χ4n) is 3.44. The molecule has 1 aliphatic rings. The van der Waals surface area contributed by atoms with Crippen LogP contribution in [0.3, 0.4) is 0 Å². The zero-order valence-corrected chi connectivity index (χ0v) is 13.9. The molecule has 2 nitrogen and oxygen atoms in total. The second-order valence-corrected chi connectivity index (χ2v) is 8.02. The molecule has 1 fully saturated rings. The summed E-state index contributed by atoms with van der Waals surface area (Å²) in [6.45, 7) is 15.2. The molecule has 0 aromatic carbocycles. The van der Waals surface area contributed by atoms with Crippen molar-refractivity contribution in [3.8, 4) is 0 Å². The van der Waals surface area contributed by atoms with Crippen molar-refractivity contribution in [1.82, 2.24) is 4.90 Å². The molecule has 1 saturated heterocycles. The Bertz CT molecular complexity index is 307. The maximum atomic E-state index is 10.7. The van der Waals surface area contributed by atoms with Gasteiger partial charge in [-0.2, -0.15) is 0 Å². The quantitative estimate of drug-likeness (QED) is 0.664. The molecule has 1 heterocycles. The van der Waals surface area contributed by atoms with E-state index in [0.29, 0.717) is 17.4 Å². The van der Waals surface area contributed by atoms with Gasteiger partial charge in [-0.25, -0.2) is 0 Å². The Morgan fingerprint density at radius 2 is 1.74 bits per heavy atom. The molecule has 19 heavy (non-hydrogen) atoms. The van der Waals surface area contributed by atoms with Crippen molar-refractivity contribution >= 4 is 6.29 Å². The van der Waals surface area contributed by atoms with Gasteiger partial charge in [-0.3, -0.25) is 4.90 Å². The van der Waals surface area contributed by atoms with Gasteiger partial charge < -0.3 is 4.79 Å². The summed E-state index contributed by atoms with van der Waals surface area (Å²) in [7, 11) is 0. The first-order chi connectivity index (χ1) is 8.67. The van der Waals surface area contributed by atoms with Crippen molar-refractivity contribution < 1.29 is 4.79 Å². The van der Waals surface area contributed by atoms with Crippen LogP contribution in [-0.4, -0.2) is 28.8 Å². The van der Waals surface area contributed by atoms with Crippen LogP contribution in [0.15, 0.2) is 0 Å². The highest BCUT2D eigenvalue weighted by Gasteiger charge is 2.48. The Balaban J connectivity index is 2.83. The molecule has 0 N–H and O–H groups in total. The molecule has 1 aliphatic heterocycles. The number of nitrogens with zero attached hydrogens (tertiary/aromatic N) is 1. The van der Waals surface area contributed by atoms with Crippen LogP contribution in [0, 0.1) is 5.41 Å². The normalized spacial score (nSPS) is 32.7. The molecular formula is C17H33NO. The monoisotopic (exact) mass is 267 g/mol. The van der Waals surface area contributed by atoms with Gasteiger partial charge in [0.2, 0.25) is 0 Å². The van der Waals surface area contributed by atoms with Crippen LogP contribution in [0.4, 0.5) is 0 Å². The Morgan fingerprint density at radius 3 is 2.21 bits per heavy atom. The van der Waals surface area contributed by atoms with Gasteiger partial charge in [0.25, 0.3) is 0 Å². The van der Waals surface area contributed by atoms with Crippen LogP contribution >= 0.6 is 0 Å². The first-order valence-corrected chi connectivity index (χ1v) is 7.88. The molecule has 112 valence electrons. The molecule has 0 aromatic heterocycles. The lowest BCUT2D eigenvalue weighted by Crippen LogP contribution is -2.52. The van der Waals surface area contributed by atoms with E-state index in [2.05, 4.69) is 46.4 Å². The first kappa shape index (κ1) is 16.7. The van der Waals surface area contributed by atoms with E-state index in [1.54, 1.807) is 0 Å². The van der Waals surface area contributed by atoms with Gasteiger partial charge >= 0.3 is 0 Å². The van der Waals surface area contributed by atoms with Crippen molar-refractivity contribution in [1.29, 1.82) is 0 Å². The average Bonchev–Trinajstić information content (AvgIpc) is 2.57. The Labute approximate surface area is 119 Å². The molecule has 0 saturated carbocycles. The summed E-state index contributed by atoms with van der Waals surface area (Å²) >= 11 is 0. The van der Waals surface area contributed by atoms with E-state index in [0.717, 1.165) is 19.3 Å². The van der Waals surface area contributed by atoms with Crippen molar-refractivity contribution in [3.63, 3.8) is 0 Å². The van der Waals surface area contributed by atoms with Gasteiger partial charge in [0.05, 0.1) is 0 Å². The van der Waals surface area contributed by atoms with Gasteiger partial charge in [0.1, 0.15) is 6.29 Å². The predicted molar refractivity (Wildman–Crippen MR) is 82.4 cm³/mol. The third-order valence-corrected chi connectivity index (χ3v) is 5.15. The summed E-state index contributed by atoms with van der Waals surface area (Å²) in [6, 6.07) is 0. The lowest BCUT2D eigenvalue weighted by atomic mass is 9.88.